The normalized spacial score (nSPS) is 12.4. The van der Waals surface area contributed by atoms with Gasteiger partial charge in [0, 0.05) is 31.2 Å². The van der Waals surface area contributed by atoms with Crippen LogP contribution in [0.25, 0.3) is 0 Å². The van der Waals surface area contributed by atoms with Crippen molar-refractivity contribution in [2.75, 3.05) is 19.0 Å². The minimum atomic E-state index is -0.0362. The highest BCUT2D eigenvalue weighted by Gasteiger charge is 2.08. The zero-order chi connectivity index (χ0) is 13.1. The molecule has 0 saturated carbocycles. The van der Waals surface area contributed by atoms with Gasteiger partial charge >= 0.3 is 0 Å². The second-order valence-electron chi connectivity index (χ2n) is 4.05. The van der Waals surface area contributed by atoms with Gasteiger partial charge in [-0.3, -0.25) is 4.98 Å². The van der Waals surface area contributed by atoms with Crippen LogP contribution in [0.1, 0.15) is 18.7 Å². The molecule has 7 heteroatoms. The van der Waals surface area contributed by atoms with Gasteiger partial charge in [-0.15, -0.1) is 10.2 Å². The molecule has 0 aromatic carbocycles. The summed E-state index contributed by atoms with van der Waals surface area (Å²) in [4.78, 5) is 7.30. The SMILES string of the molecule is C[C@H](N)c1ccc(Sc2nnc(N(C)C)s2)cn1. The molecule has 2 aromatic heterocycles. The van der Waals surface area contributed by atoms with Crippen LogP contribution in [-0.2, 0) is 0 Å². The van der Waals surface area contributed by atoms with Crippen molar-refractivity contribution in [3.05, 3.63) is 24.0 Å². The average molecular weight is 281 g/mol. The van der Waals surface area contributed by atoms with Gasteiger partial charge in [0.05, 0.1) is 5.69 Å². The maximum atomic E-state index is 5.76. The Morgan fingerprint density at radius 1 is 1.33 bits per heavy atom. The smallest absolute Gasteiger partial charge is 0.208 e. The van der Waals surface area contributed by atoms with E-state index in [0.29, 0.717) is 0 Å². The number of pyridine rings is 1. The summed E-state index contributed by atoms with van der Waals surface area (Å²) < 4.78 is 0.911. The van der Waals surface area contributed by atoms with Gasteiger partial charge in [0.25, 0.3) is 0 Å². The zero-order valence-corrected chi connectivity index (χ0v) is 12.1. The summed E-state index contributed by atoms with van der Waals surface area (Å²) in [6.45, 7) is 1.92. The molecule has 0 aliphatic carbocycles. The van der Waals surface area contributed by atoms with Crippen molar-refractivity contribution in [3.8, 4) is 0 Å². The standard InChI is InChI=1S/C11H15N5S2/c1-7(12)9-5-4-8(6-13-9)17-11-15-14-10(18-11)16(2)3/h4-7H,12H2,1-3H3/t7-/m0/s1. The topological polar surface area (TPSA) is 67.9 Å². The molecule has 2 rings (SSSR count). The molecule has 0 radical (unpaired) electrons. The fraction of sp³-hybridized carbons (Fsp3) is 0.364. The zero-order valence-electron chi connectivity index (χ0n) is 10.5. The lowest BCUT2D eigenvalue weighted by Gasteiger charge is -2.04. The van der Waals surface area contributed by atoms with Gasteiger partial charge in [-0.05, 0) is 19.1 Å². The fourth-order valence-corrected chi connectivity index (χ4v) is 2.95. The largest absolute Gasteiger partial charge is 0.353 e. The predicted octanol–water partition coefficient (Wildman–Crippen LogP) is 2.17. The van der Waals surface area contributed by atoms with Gasteiger partial charge in [-0.2, -0.15) is 0 Å². The summed E-state index contributed by atoms with van der Waals surface area (Å²) in [5, 5.41) is 9.12. The van der Waals surface area contributed by atoms with Crippen LogP contribution in [0.5, 0.6) is 0 Å². The molecule has 96 valence electrons. The molecule has 0 fully saturated rings. The molecular weight excluding hydrogens is 266 g/mol. The first-order valence-corrected chi connectivity index (χ1v) is 7.10. The van der Waals surface area contributed by atoms with E-state index >= 15 is 0 Å². The summed E-state index contributed by atoms with van der Waals surface area (Å²) in [6.07, 6.45) is 1.82. The summed E-state index contributed by atoms with van der Waals surface area (Å²) >= 11 is 3.12. The Morgan fingerprint density at radius 2 is 2.11 bits per heavy atom. The third kappa shape index (κ3) is 3.18. The first kappa shape index (κ1) is 13.3. The van der Waals surface area contributed by atoms with E-state index < -0.39 is 0 Å². The Morgan fingerprint density at radius 3 is 2.61 bits per heavy atom. The van der Waals surface area contributed by atoms with Crippen LogP contribution < -0.4 is 10.6 Å². The molecule has 2 N–H and O–H groups in total. The highest BCUT2D eigenvalue weighted by Crippen LogP contribution is 2.32. The molecule has 18 heavy (non-hydrogen) atoms. The predicted molar refractivity (Wildman–Crippen MR) is 75.2 cm³/mol. The quantitative estimate of drug-likeness (QED) is 0.926. The molecule has 2 heterocycles. The minimum absolute atomic E-state index is 0.0362. The summed E-state index contributed by atoms with van der Waals surface area (Å²) in [5.74, 6) is 0. The van der Waals surface area contributed by atoms with Gasteiger partial charge in [-0.1, -0.05) is 23.1 Å². The number of rotatable bonds is 4. The fourth-order valence-electron chi connectivity index (χ4n) is 1.25. The van der Waals surface area contributed by atoms with E-state index in [0.717, 1.165) is 20.1 Å². The van der Waals surface area contributed by atoms with Crippen molar-refractivity contribution in [3.63, 3.8) is 0 Å². The second kappa shape index (κ2) is 5.64. The Labute approximate surface area is 114 Å². The van der Waals surface area contributed by atoms with E-state index in [9.17, 15) is 0 Å². The highest BCUT2D eigenvalue weighted by molar-refractivity contribution is 8.01. The lowest BCUT2D eigenvalue weighted by molar-refractivity contribution is 0.777. The van der Waals surface area contributed by atoms with Crippen LogP contribution in [0, 0.1) is 0 Å². The number of hydrogen-bond donors (Lipinski definition) is 1. The number of nitrogens with zero attached hydrogens (tertiary/aromatic N) is 4. The van der Waals surface area contributed by atoms with E-state index in [2.05, 4.69) is 15.2 Å². The van der Waals surface area contributed by atoms with Crippen molar-refractivity contribution in [1.29, 1.82) is 0 Å². The number of hydrogen-bond acceptors (Lipinski definition) is 7. The van der Waals surface area contributed by atoms with Gasteiger partial charge < -0.3 is 10.6 Å². The van der Waals surface area contributed by atoms with Gasteiger partial charge in [-0.25, -0.2) is 0 Å². The van der Waals surface area contributed by atoms with E-state index in [1.807, 2.05) is 44.2 Å². The molecule has 0 saturated heterocycles. The van der Waals surface area contributed by atoms with Gasteiger partial charge in [0.1, 0.15) is 0 Å². The molecule has 1 atom stereocenters. The first-order valence-electron chi connectivity index (χ1n) is 5.46. The maximum absolute atomic E-state index is 5.76. The third-order valence-corrected chi connectivity index (χ3v) is 4.33. The molecule has 0 bridgehead atoms. The summed E-state index contributed by atoms with van der Waals surface area (Å²) in [5.41, 5.74) is 6.65. The Bertz CT molecular complexity index is 506. The molecule has 0 aliphatic rings. The van der Waals surface area contributed by atoms with Gasteiger partial charge in [0.15, 0.2) is 4.34 Å². The van der Waals surface area contributed by atoms with Crippen LogP contribution in [-0.4, -0.2) is 29.3 Å². The lowest BCUT2D eigenvalue weighted by Crippen LogP contribution is -2.07. The molecule has 0 amide bonds. The van der Waals surface area contributed by atoms with Crippen molar-refractivity contribution >= 4 is 28.2 Å². The molecular formula is C11H15N5S2. The number of anilines is 1. The van der Waals surface area contributed by atoms with E-state index in [1.165, 1.54) is 0 Å². The van der Waals surface area contributed by atoms with Crippen molar-refractivity contribution in [1.82, 2.24) is 15.2 Å². The maximum Gasteiger partial charge on any atom is 0.208 e. The third-order valence-electron chi connectivity index (χ3n) is 2.21. The average Bonchev–Trinajstić information content (AvgIpc) is 2.78. The Kier molecular flexibility index (Phi) is 4.15. The molecule has 0 aliphatic heterocycles. The molecule has 0 spiro atoms. The summed E-state index contributed by atoms with van der Waals surface area (Å²) in [6, 6.07) is 3.92. The monoisotopic (exact) mass is 281 g/mol. The van der Waals surface area contributed by atoms with Gasteiger partial charge in [0.2, 0.25) is 5.13 Å². The molecule has 2 aromatic rings. The van der Waals surface area contributed by atoms with Crippen LogP contribution in [0.3, 0.4) is 0 Å². The Balaban J connectivity index is 2.08. The lowest BCUT2D eigenvalue weighted by atomic mass is 10.2. The minimum Gasteiger partial charge on any atom is -0.353 e. The second-order valence-corrected chi connectivity index (χ2v) is 6.33. The van der Waals surface area contributed by atoms with E-state index in [4.69, 9.17) is 5.73 Å². The number of nitrogens with two attached hydrogens (primary N) is 1. The van der Waals surface area contributed by atoms with Crippen molar-refractivity contribution in [2.24, 2.45) is 5.73 Å². The Hall–Kier alpha value is -1.18. The van der Waals surface area contributed by atoms with Crippen LogP contribution in [0.4, 0.5) is 5.13 Å². The molecule has 0 unspecified atom stereocenters. The van der Waals surface area contributed by atoms with E-state index in [1.54, 1.807) is 23.1 Å². The van der Waals surface area contributed by atoms with Crippen LogP contribution in [0.2, 0.25) is 0 Å². The molecule has 5 nitrogen and oxygen atoms in total. The highest BCUT2D eigenvalue weighted by atomic mass is 32.2. The van der Waals surface area contributed by atoms with E-state index in [-0.39, 0.29) is 6.04 Å². The van der Waals surface area contributed by atoms with Crippen LogP contribution in [0.15, 0.2) is 27.6 Å². The van der Waals surface area contributed by atoms with Crippen molar-refractivity contribution < 1.29 is 0 Å². The van der Waals surface area contributed by atoms with Crippen molar-refractivity contribution in [2.45, 2.75) is 22.2 Å². The van der Waals surface area contributed by atoms with Crippen LogP contribution >= 0.6 is 23.1 Å². The summed E-state index contributed by atoms with van der Waals surface area (Å²) in [7, 11) is 3.90. The first-order chi connectivity index (χ1) is 8.56. The number of aromatic nitrogens is 3.